The average Bonchev–Trinajstić information content (AvgIpc) is 1.79. The van der Waals surface area contributed by atoms with Crippen LogP contribution in [0, 0.1) is 16.2 Å². The minimum Gasteiger partial charge on any atom is -0.380 e. The summed E-state index contributed by atoms with van der Waals surface area (Å²) in [6.07, 6.45) is 9.72. The van der Waals surface area contributed by atoms with Gasteiger partial charge in [0.25, 0.3) is 35.9 Å². The van der Waals surface area contributed by atoms with Gasteiger partial charge in [-0.1, -0.05) is 68.9 Å². The first-order chi connectivity index (χ1) is 37.3. The van der Waals surface area contributed by atoms with Gasteiger partial charge in [0.1, 0.15) is 4.90 Å². The van der Waals surface area contributed by atoms with E-state index in [0.717, 1.165) is 133 Å². The Kier molecular flexibility index (Phi) is 19.6. The molecule has 1 amide bonds. The summed E-state index contributed by atoms with van der Waals surface area (Å²) in [5, 5.41) is 3.04. The van der Waals surface area contributed by atoms with Crippen molar-refractivity contribution in [2.45, 2.75) is 130 Å². The van der Waals surface area contributed by atoms with E-state index in [9.17, 15) is 52.0 Å². The molecule has 2 bridgehead atoms. The fraction of sp³-hybridized carbons (Fsp3) is 0.625. The Hall–Kier alpha value is -3.84. The number of anilines is 2. The number of rotatable bonds is 27. The third-order valence-corrected chi connectivity index (χ3v) is 21.3. The molecule has 1 unspecified atom stereocenters. The van der Waals surface area contributed by atoms with Crippen LogP contribution in [0.15, 0.2) is 98.6 Å². The van der Waals surface area contributed by atoms with Crippen molar-refractivity contribution >= 4 is 59.0 Å². The number of amides is 1. The minimum atomic E-state index is -6.11. The van der Waals surface area contributed by atoms with Gasteiger partial charge in [0.15, 0.2) is 0 Å². The summed E-state index contributed by atoms with van der Waals surface area (Å²) < 4.78 is 154. The van der Waals surface area contributed by atoms with E-state index in [1.807, 2.05) is 35.1 Å². The first-order valence-electron chi connectivity index (χ1n) is 27.6. The maximum atomic E-state index is 14.4. The Bertz CT molecular complexity index is 2930. The summed E-state index contributed by atoms with van der Waals surface area (Å²) in [6, 6.07) is 17.6. The highest BCUT2D eigenvalue weighted by molar-refractivity contribution is 7.99. The summed E-state index contributed by atoms with van der Waals surface area (Å²) in [4.78, 5) is 21.5. The lowest BCUT2D eigenvalue weighted by molar-refractivity contribution is -0.250. The lowest BCUT2D eigenvalue weighted by Gasteiger charge is -2.72. The standard InChI is InChI=1S/C56H77F5N6O8S4/c1-53(2)23-21-43(48(36-53)54-39-55(40-54,41-54)52(57)58)37-66-30-32-67(33-31-66)45-17-15-42(16-18-45)51(68)63-79(73,74)47-19-20-49(50(35-47)78(71,72)56(59,60)61)62-44(38-76-46-13-9-8-10-14-46)22-25-65-28-26-64(27-29-65)24-11-6-4-5-7-12-34-75-77(3,69)70/h8-10,13-20,35,44,52,62H,4-7,11-12,21-34,36-41H2,1-3H3,(H,63,68). The number of thioether (sulfide) groups is 1. The van der Waals surface area contributed by atoms with Gasteiger partial charge in [-0.15, -0.1) is 11.8 Å². The fourth-order valence-electron chi connectivity index (χ4n) is 12.2. The molecular formula is C56H77F5N6O8S4. The molecule has 6 aliphatic rings. The molecule has 3 saturated carbocycles. The van der Waals surface area contributed by atoms with Gasteiger partial charge in [-0.3, -0.25) is 13.9 Å². The van der Waals surface area contributed by atoms with Gasteiger partial charge in [-0.25, -0.2) is 30.3 Å². The highest BCUT2D eigenvalue weighted by Gasteiger charge is 2.73. The number of carbonyl (C=O) groups excluding carboxylic acids is 1. The third-order valence-electron chi connectivity index (χ3n) is 16.7. The lowest BCUT2D eigenvalue weighted by atomic mass is 9.32. The van der Waals surface area contributed by atoms with Crippen molar-refractivity contribution in [2.24, 2.45) is 16.2 Å². The van der Waals surface area contributed by atoms with Gasteiger partial charge in [-0.05, 0) is 130 Å². The summed E-state index contributed by atoms with van der Waals surface area (Å²) >= 11 is 1.45. The second-order valence-electron chi connectivity index (χ2n) is 23.3. The molecule has 438 valence electrons. The number of unbranched alkanes of at least 4 members (excludes halogenated alkanes) is 5. The van der Waals surface area contributed by atoms with Gasteiger partial charge in [0, 0.05) is 98.8 Å². The topological polar surface area (TPSA) is 166 Å². The zero-order chi connectivity index (χ0) is 56.9. The molecule has 2 N–H and O–H groups in total. The second-order valence-corrected chi connectivity index (χ2v) is 29.7. The van der Waals surface area contributed by atoms with E-state index in [1.165, 1.54) is 35.0 Å². The van der Waals surface area contributed by atoms with E-state index >= 15 is 0 Å². The first kappa shape index (κ1) is 61.2. The highest BCUT2D eigenvalue weighted by atomic mass is 32.2. The van der Waals surface area contributed by atoms with Crippen LogP contribution in [0.1, 0.15) is 108 Å². The number of sulfonamides is 1. The van der Waals surface area contributed by atoms with Crippen LogP contribution in [0.3, 0.4) is 0 Å². The van der Waals surface area contributed by atoms with E-state index in [0.29, 0.717) is 63.6 Å². The maximum absolute atomic E-state index is 14.4. The zero-order valence-electron chi connectivity index (χ0n) is 45.5. The van der Waals surface area contributed by atoms with Crippen LogP contribution < -0.4 is 14.9 Å². The molecule has 79 heavy (non-hydrogen) atoms. The van der Waals surface area contributed by atoms with Crippen molar-refractivity contribution in [2.75, 3.05) is 101 Å². The van der Waals surface area contributed by atoms with Gasteiger partial charge in [-0.2, -0.15) is 21.6 Å². The van der Waals surface area contributed by atoms with Crippen molar-refractivity contribution < 1.29 is 56.2 Å². The Morgan fingerprint density at radius 2 is 1.37 bits per heavy atom. The number of alkyl halides is 5. The van der Waals surface area contributed by atoms with Crippen LogP contribution in [0.25, 0.3) is 0 Å². The van der Waals surface area contributed by atoms with Crippen molar-refractivity contribution in [3.63, 3.8) is 0 Å². The molecule has 3 aromatic rings. The average molecular weight is 1190 g/mol. The third kappa shape index (κ3) is 15.6. The van der Waals surface area contributed by atoms with E-state index in [-0.39, 0.29) is 23.0 Å². The molecular weight excluding hydrogens is 1110 g/mol. The molecule has 0 aromatic heterocycles. The van der Waals surface area contributed by atoms with Gasteiger partial charge in [0.2, 0.25) is 6.43 Å². The minimum absolute atomic E-state index is 0.0325. The number of allylic oxidation sites excluding steroid dienone is 1. The quantitative estimate of drug-likeness (QED) is 0.0244. The number of halogens is 5. The number of piperazine rings is 2. The van der Waals surface area contributed by atoms with E-state index in [4.69, 9.17) is 4.18 Å². The highest BCUT2D eigenvalue weighted by Crippen LogP contribution is 2.79. The summed E-state index contributed by atoms with van der Waals surface area (Å²) in [5.41, 5.74) is -3.28. The van der Waals surface area contributed by atoms with Crippen LogP contribution >= 0.6 is 11.8 Å². The number of carbonyl (C=O) groups is 1. The molecule has 9 rings (SSSR count). The Morgan fingerprint density at radius 3 is 1.99 bits per heavy atom. The normalized spacial score (nSPS) is 22.8. The molecule has 0 spiro atoms. The van der Waals surface area contributed by atoms with E-state index in [2.05, 4.69) is 38.8 Å². The summed E-state index contributed by atoms with van der Waals surface area (Å²) in [5.74, 6) is -0.705. The molecule has 0 radical (unpaired) electrons. The zero-order valence-corrected chi connectivity index (χ0v) is 48.8. The van der Waals surface area contributed by atoms with Crippen LogP contribution in [-0.4, -0.2) is 154 Å². The van der Waals surface area contributed by atoms with Crippen molar-refractivity contribution in [1.82, 2.24) is 19.4 Å². The molecule has 2 saturated heterocycles. The maximum Gasteiger partial charge on any atom is 0.501 e. The number of hydrogen-bond donors (Lipinski definition) is 2. The van der Waals surface area contributed by atoms with E-state index < -0.39 is 74.8 Å². The SMILES string of the molecule is CC1(C)CCC(CN2CCN(c3ccc(C(=O)NS(=O)(=O)c4ccc(NC(CCN5CCN(CCCCCCCCOS(C)(=O)=O)CC5)CSc5ccccc5)c(S(=O)(=O)C(F)(F)F)c4)cc3)CC2)=C(C23CC(C(F)F)(C2)C3)C1. The first-order valence-corrected chi connectivity index (χ1v) is 33.4. The van der Waals surface area contributed by atoms with E-state index in [1.54, 1.807) is 12.1 Å². The molecule has 2 heterocycles. The molecule has 5 fully saturated rings. The van der Waals surface area contributed by atoms with Crippen LogP contribution in [0.5, 0.6) is 0 Å². The monoisotopic (exact) mass is 1180 g/mol. The number of sulfone groups is 1. The van der Waals surface area contributed by atoms with Gasteiger partial charge < -0.3 is 20.0 Å². The molecule has 2 aliphatic heterocycles. The fourth-order valence-corrected chi connectivity index (χ4v) is 15.6. The number of nitrogens with zero attached hydrogens (tertiary/aromatic N) is 4. The number of nitrogens with one attached hydrogen (secondary N) is 2. The summed E-state index contributed by atoms with van der Waals surface area (Å²) in [6.45, 7) is 13.2. The van der Waals surface area contributed by atoms with Gasteiger partial charge >= 0.3 is 5.51 Å². The largest absolute Gasteiger partial charge is 0.501 e. The second kappa shape index (κ2) is 25.3. The molecule has 1 atom stereocenters. The molecule has 3 aromatic carbocycles. The molecule has 14 nitrogen and oxygen atoms in total. The Morgan fingerprint density at radius 1 is 0.759 bits per heavy atom. The number of benzene rings is 3. The smallest absolute Gasteiger partial charge is 0.380 e. The summed E-state index contributed by atoms with van der Waals surface area (Å²) in [7, 11) is -14.4. The Labute approximate surface area is 468 Å². The van der Waals surface area contributed by atoms with Gasteiger partial charge in [0.05, 0.1) is 23.4 Å². The van der Waals surface area contributed by atoms with Crippen LogP contribution in [0.4, 0.5) is 33.3 Å². The van der Waals surface area contributed by atoms with Crippen molar-refractivity contribution in [3.05, 3.63) is 89.5 Å². The van der Waals surface area contributed by atoms with Crippen molar-refractivity contribution in [3.8, 4) is 0 Å². The molecule has 4 aliphatic carbocycles. The predicted molar refractivity (Wildman–Crippen MR) is 299 cm³/mol. The number of hydrogen-bond acceptors (Lipinski definition) is 14. The Balaban J connectivity index is 0.860. The van der Waals surface area contributed by atoms with Crippen LogP contribution in [0.2, 0.25) is 0 Å². The van der Waals surface area contributed by atoms with Crippen molar-refractivity contribution in [1.29, 1.82) is 0 Å². The van der Waals surface area contributed by atoms with Crippen LogP contribution in [-0.2, 0) is 34.2 Å². The molecule has 23 heteroatoms. The predicted octanol–water partition coefficient (Wildman–Crippen LogP) is 10.1. The lowest BCUT2D eigenvalue weighted by Crippen LogP contribution is -2.66.